The maximum absolute atomic E-state index is 13.0. The first-order valence-electron chi connectivity index (χ1n) is 10.0. The molecule has 0 atom stereocenters. The lowest BCUT2D eigenvalue weighted by atomic mass is 10.2. The third kappa shape index (κ3) is 4.10. The van der Waals surface area contributed by atoms with E-state index in [2.05, 4.69) is 25.2 Å². The van der Waals surface area contributed by atoms with Crippen LogP contribution in [0, 0.1) is 0 Å². The van der Waals surface area contributed by atoms with Crippen LogP contribution in [0.2, 0.25) is 5.02 Å². The zero-order valence-electron chi connectivity index (χ0n) is 16.6. The standard InChI is InChI=1S/C23H20ClN5O2/c24-17-4-1-15(2-5-17)22-26-18-6-3-16(13-19(18)27-22)23(30)28-20-14-25-8-7-21(20)29-9-11-31-12-10-29/h1-8,13-14H,9-12H2,(H,26,27)(H,28,30). The molecule has 31 heavy (non-hydrogen) atoms. The molecule has 0 radical (unpaired) electrons. The lowest BCUT2D eigenvalue weighted by Crippen LogP contribution is -2.36. The molecular weight excluding hydrogens is 414 g/mol. The molecule has 0 unspecified atom stereocenters. The molecular formula is C23H20ClN5O2. The number of morpholine rings is 1. The van der Waals surface area contributed by atoms with Crippen LogP contribution < -0.4 is 10.2 Å². The number of aromatic nitrogens is 3. The van der Waals surface area contributed by atoms with Crippen LogP contribution in [-0.4, -0.2) is 47.2 Å². The van der Waals surface area contributed by atoms with Gasteiger partial charge in [0.25, 0.3) is 5.91 Å². The number of nitrogens with one attached hydrogen (secondary N) is 2. The molecule has 0 bridgehead atoms. The Morgan fingerprint density at radius 1 is 1.10 bits per heavy atom. The molecule has 1 aliphatic heterocycles. The first-order valence-corrected chi connectivity index (χ1v) is 10.4. The van der Waals surface area contributed by atoms with Gasteiger partial charge in [-0.3, -0.25) is 9.78 Å². The molecule has 1 fully saturated rings. The van der Waals surface area contributed by atoms with Gasteiger partial charge in [0.05, 0.1) is 41.8 Å². The maximum Gasteiger partial charge on any atom is 0.255 e. The average molecular weight is 434 g/mol. The first-order chi connectivity index (χ1) is 15.2. The number of hydrogen-bond acceptors (Lipinski definition) is 5. The summed E-state index contributed by atoms with van der Waals surface area (Å²) in [6.45, 7) is 2.89. The quantitative estimate of drug-likeness (QED) is 0.499. The SMILES string of the molecule is O=C(Nc1cnccc1N1CCOCC1)c1ccc2nc(-c3ccc(Cl)cc3)[nH]c2c1. The lowest BCUT2D eigenvalue weighted by Gasteiger charge is -2.30. The Labute approximate surface area is 184 Å². The van der Waals surface area contributed by atoms with Crippen molar-refractivity contribution in [1.29, 1.82) is 0 Å². The van der Waals surface area contributed by atoms with Gasteiger partial charge >= 0.3 is 0 Å². The molecule has 4 aromatic rings. The van der Waals surface area contributed by atoms with Crippen LogP contribution >= 0.6 is 11.6 Å². The highest BCUT2D eigenvalue weighted by Gasteiger charge is 2.17. The van der Waals surface area contributed by atoms with Gasteiger partial charge in [-0.25, -0.2) is 4.98 Å². The minimum atomic E-state index is -0.202. The Hall–Kier alpha value is -3.42. The summed E-state index contributed by atoms with van der Waals surface area (Å²) >= 11 is 5.97. The molecule has 1 aliphatic rings. The van der Waals surface area contributed by atoms with Crippen molar-refractivity contribution in [2.45, 2.75) is 0 Å². The van der Waals surface area contributed by atoms with Gasteiger partial charge in [-0.2, -0.15) is 0 Å². The normalized spacial score (nSPS) is 14.0. The number of benzene rings is 2. The number of amides is 1. The number of anilines is 2. The molecule has 7 nitrogen and oxygen atoms in total. The predicted octanol–water partition coefficient (Wildman–Crippen LogP) is 4.37. The van der Waals surface area contributed by atoms with Crippen molar-refractivity contribution in [1.82, 2.24) is 15.0 Å². The fourth-order valence-corrected chi connectivity index (χ4v) is 3.78. The van der Waals surface area contributed by atoms with Crippen molar-refractivity contribution in [3.63, 3.8) is 0 Å². The molecule has 2 aromatic heterocycles. The van der Waals surface area contributed by atoms with Gasteiger partial charge in [-0.15, -0.1) is 0 Å². The Bertz CT molecular complexity index is 1230. The summed E-state index contributed by atoms with van der Waals surface area (Å²) < 4.78 is 5.43. The van der Waals surface area contributed by atoms with Crippen LogP contribution in [0.1, 0.15) is 10.4 Å². The first kappa shape index (κ1) is 19.5. The number of nitrogens with zero attached hydrogens (tertiary/aromatic N) is 3. The molecule has 0 spiro atoms. The topological polar surface area (TPSA) is 83.1 Å². The number of halogens is 1. The van der Waals surface area contributed by atoms with E-state index in [9.17, 15) is 4.79 Å². The van der Waals surface area contributed by atoms with E-state index in [-0.39, 0.29) is 5.91 Å². The predicted molar refractivity (Wildman–Crippen MR) is 122 cm³/mol. The highest BCUT2D eigenvalue weighted by atomic mass is 35.5. The molecule has 0 aliphatic carbocycles. The number of rotatable bonds is 4. The Morgan fingerprint density at radius 3 is 2.71 bits per heavy atom. The number of pyridine rings is 1. The highest BCUT2D eigenvalue weighted by molar-refractivity contribution is 6.30. The molecule has 1 saturated heterocycles. The van der Waals surface area contributed by atoms with Gasteiger partial charge in [0.2, 0.25) is 0 Å². The van der Waals surface area contributed by atoms with Gasteiger partial charge in [-0.05, 0) is 48.5 Å². The van der Waals surface area contributed by atoms with Crippen molar-refractivity contribution >= 4 is 39.9 Å². The fraction of sp³-hybridized carbons (Fsp3) is 0.174. The summed E-state index contributed by atoms with van der Waals surface area (Å²) in [5, 5.41) is 3.67. The number of aromatic amines is 1. The molecule has 5 rings (SSSR count). The summed E-state index contributed by atoms with van der Waals surface area (Å²) in [7, 11) is 0. The summed E-state index contributed by atoms with van der Waals surface area (Å²) in [4.78, 5) is 27.2. The monoisotopic (exact) mass is 433 g/mol. The molecule has 156 valence electrons. The zero-order valence-corrected chi connectivity index (χ0v) is 17.4. The lowest BCUT2D eigenvalue weighted by molar-refractivity contribution is 0.102. The van der Waals surface area contributed by atoms with E-state index in [4.69, 9.17) is 16.3 Å². The Morgan fingerprint density at radius 2 is 1.90 bits per heavy atom. The average Bonchev–Trinajstić information content (AvgIpc) is 3.24. The Kier molecular flexibility index (Phi) is 5.28. The number of H-pyrrole nitrogens is 1. The van der Waals surface area contributed by atoms with E-state index in [1.54, 1.807) is 18.5 Å². The Balaban J connectivity index is 1.40. The molecule has 3 heterocycles. The van der Waals surface area contributed by atoms with E-state index < -0.39 is 0 Å². The summed E-state index contributed by atoms with van der Waals surface area (Å²) in [5.74, 6) is 0.526. The van der Waals surface area contributed by atoms with Crippen molar-refractivity contribution in [3.8, 4) is 11.4 Å². The number of imidazole rings is 1. The highest BCUT2D eigenvalue weighted by Crippen LogP contribution is 2.27. The van der Waals surface area contributed by atoms with Gasteiger partial charge in [0.15, 0.2) is 0 Å². The second kappa shape index (κ2) is 8.37. The number of ether oxygens (including phenoxy) is 1. The smallest absolute Gasteiger partial charge is 0.255 e. The van der Waals surface area contributed by atoms with Crippen molar-refractivity contribution in [2.24, 2.45) is 0 Å². The number of hydrogen-bond donors (Lipinski definition) is 2. The van der Waals surface area contributed by atoms with Gasteiger partial charge in [0.1, 0.15) is 5.82 Å². The molecule has 8 heteroatoms. The minimum absolute atomic E-state index is 0.202. The van der Waals surface area contributed by atoms with Crippen molar-refractivity contribution in [3.05, 3.63) is 71.5 Å². The van der Waals surface area contributed by atoms with Crippen LogP contribution in [0.4, 0.5) is 11.4 Å². The van der Waals surface area contributed by atoms with E-state index >= 15 is 0 Å². The van der Waals surface area contributed by atoms with Crippen LogP contribution in [-0.2, 0) is 4.74 Å². The summed E-state index contributed by atoms with van der Waals surface area (Å²) in [5.41, 5.74) is 4.67. The van der Waals surface area contributed by atoms with Gasteiger partial charge in [0, 0.05) is 35.4 Å². The van der Waals surface area contributed by atoms with Crippen LogP contribution in [0.5, 0.6) is 0 Å². The van der Waals surface area contributed by atoms with Crippen molar-refractivity contribution < 1.29 is 9.53 Å². The minimum Gasteiger partial charge on any atom is -0.378 e. The molecule has 1 amide bonds. The second-order valence-electron chi connectivity index (χ2n) is 7.27. The summed E-state index contributed by atoms with van der Waals surface area (Å²) in [6.07, 6.45) is 3.41. The molecule has 2 N–H and O–H groups in total. The second-order valence-corrected chi connectivity index (χ2v) is 7.71. The van der Waals surface area contributed by atoms with Gasteiger partial charge < -0.3 is 19.9 Å². The number of fused-ring (bicyclic) bond motifs is 1. The van der Waals surface area contributed by atoms with Gasteiger partial charge in [-0.1, -0.05) is 11.6 Å². The molecule has 0 saturated carbocycles. The van der Waals surface area contributed by atoms with Crippen LogP contribution in [0.3, 0.4) is 0 Å². The number of carbonyl (C=O) groups is 1. The number of carbonyl (C=O) groups excluding carboxylic acids is 1. The fourth-order valence-electron chi connectivity index (χ4n) is 3.65. The van der Waals surface area contributed by atoms with Crippen LogP contribution in [0.25, 0.3) is 22.4 Å². The van der Waals surface area contributed by atoms with Crippen molar-refractivity contribution in [2.75, 3.05) is 36.5 Å². The maximum atomic E-state index is 13.0. The largest absolute Gasteiger partial charge is 0.378 e. The molecule has 2 aromatic carbocycles. The van der Waals surface area contributed by atoms with E-state index in [0.29, 0.717) is 29.5 Å². The van der Waals surface area contributed by atoms with E-state index in [1.807, 2.05) is 42.5 Å². The van der Waals surface area contributed by atoms with E-state index in [0.717, 1.165) is 41.2 Å². The van der Waals surface area contributed by atoms with Crippen LogP contribution in [0.15, 0.2) is 60.9 Å². The summed E-state index contributed by atoms with van der Waals surface area (Å²) in [6, 6.07) is 14.8. The third-order valence-corrected chi connectivity index (χ3v) is 5.51. The zero-order chi connectivity index (χ0) is 21.2. The van der Waals surface area contributed by atoms with E-state index in [1.165, 1.54) is 0 Å². The third-order valence-electron chi connectivity index (χ3n) is 5.26.